The lowest BCUT2D eigenvalue weighted by Crippen LogP contribution is -2.42. The largest absolute Gasteiger partial charge is 0.478 e. The maximum absolute atomic E-state index is 11.8. The van der Waals surface area contributed by atoms with Gasteiger partial charge in [0.2, 0.25) is 6.10 Å². The third-order valence-corrected chi connectivity index (χ3v) is 3.47. The highest BCUT2D eigenvalue weighted by Gasteiger charge is 2.25. The predicted octanol–water partition coefficient (Wildman–Crippen LogP) is 3.10. The van der Waals surface area contributed by atoms with E-state index in [2.05, 4.69) is 5.32 Å². The molecule has 0 aromatic heterocycles. The smallest absolute Gasteiger partial charge is 0.410 e. The molecule has 26 heavy (non-hydrogen) atoms. The van der Waals surface area contributed by atoms with Crippen LogP contribution in [0.3, 0.4) is 0 Å². The molecule has 1 amide bonds. The van der Waals surface area contributed by atoms with E-state index in [1.807, 2.05) is 0 Å². The molecule has 0 fully saturated rings. The van der Waals surface area contributed by atoms with Gasteiger partial charge in [0.1, 0.15) is 5.75 Å². The highest BCUT2D eigenvalue weighted by Crippen LogP contribution is 2.28. The molecule has 1 aromatic rings. The molecule has 0 unspecified atom stereocenters. The Morgan fingerprint density at radius 1 is 1.19 bits per heavy atom. The first-order valence-electron chi connectivity index (χ1n) is 7.56. The van der Waals surface area contributed by atoms with Crippen LogP contribution >= 0.6 is 23.2 Å². The van der Waals surface area contributed by atoms with Crippen molar-refractivity contribution in [3.63, 3.8) is 0 Å². The van der Waals surface area contributed by atoms with Gasteiger partial charge in [-0.25, -0.2) is 9.59 Å². The van der Waals surface area contributed by atoms with E-state index >= 15 is 0 Å². The van der Waals surface area contributed by atoms with E-state index in [9.17, 15) is 19.5 Å². The summed E-state index contributed by atoms with van der Waals surface area (Å²) in [6, 6.07) is 4.32. The van der Waals surface area contributed by atoms with Crippen molar-refractivity contribution in [3.05, 3.63) is 28.2 Å². The van der Waals surface area contributed by atoms with Gasteiger partial charge in [0.15, 0.2) is 0 Å². The molecule has 0 saturated carbocycles. The van der Waals surface area contributed by atoms with E-state index in [0.717, 1.165) is 0 Å². The Morgan fingerprint density at radius 2 is 1.85 bits per heavy atom. The molecule has 0 aliphatic heterocycles. The first-order chi connectivity index (χ1) is 12.1. The molecule has 0 aliphatic rings. The lowest BCUT2D eigenvalue weighted by atomic mass is 10.2. The summed E-state index contributed by atoms with van der Waals surface area (Å²) >= 11 is 11.7. The molecule has 0 bridgehead atoms. The van der Waals surface area contributed by atoms with Gasteiger partial charge in [-0.3, -0.25) is 4.79 Å². The Hall–Kier alpha value is -2.19. The lowest BCUT2D eigenvalue weighted by Gasteiger charge is -2.21. The fourth-order valence-electron chi connectivity index (χ4n) is 1.68. The van der Waals surface area contributed by atoms with Crippen LogP contribution in [0.15, 0.2) is 18.2 Å². The first kappa shape index (κ1) is 21.9. The number of alkyl carbamates (subject to hydrolysis) is 1. The number of benzene rings is 1. The zero-order valence-corrected chi connectivity index (χ0v) is 15.8. The van der Waals surface area contributed by atoms with Crippen LogP contribution in [0.1, 0.15) is 20.8 Å². The highest BCUT2D eigenvalue weighted by atomic mass is 35.5. The summed E-state index contributed by atoms with van der Waals surface area (Å²) < 4.78 is 15.1. The number of carboxylic acids is 1. The van der Waals surface area contributed by atoms with Crippen molar-refractivity contribution in [1.29, 1.82) is 0 Å². The van der Waals surface area contributed by atoms with Crippen LogP contribution in [0.25, 0.3) is 0 Å². The normalized spacial score (nSPS) is 12.8. The number of hydrogen-bond acceptors (Lipinski definition) is 6. The number of amides is 1. The maximum atomic E-state index is 11.8. The minimum atomic E-state index is -1.44. The molecule has 0 radical (unpaired) electrons. The van der Waals surface area contributed by atoms with E-state index in [4.69, 9.17) is 37.4 Å². The van der Waals surface area contributed by atoms with Crippen LogP contribution in [0.2, 0.25) is 10.0 Å². The third kappa shape index (κ3) is 7.37. The lowest BCUT2D eigenvalue weighted by molar-refractivity contribution is -0.172. The van der Waals surface area contributed by atoms with Crippen LogP contribution in [0.5, 0.6) is 5.75 Å². The van der Waals surface area contributed by atoms with Crippen molar-refractivity contribution >= 4 is 41.2 Å². The van der Waals surface area contributed by atoms with Gasteiger partial charge in [-0.1, -0.05) is 37.0 Å². The number of nitrogens with one attached hydrogen (secondary N) is 1. The number of halogens is 2. The van der Waals surface area contributed by atoms with Gasteiger partial charge in [0, 0.05) is 23.9 Å². The number of ether oxygens (including phenoxy) is 3. The van der Waals surface area contributed by atoms with Crippen LogP contribution in [0.4, 0.5) is 4.79 Å². The molecule has 10 heteroatoms. The Labute approximate surface area is 160 Å². The number of carboxylic acid groups (broad SMARTS) is 1. The second-order valence-corrected chi connectivity index (χ2v) is 6.37. The van der Waals surface area contributed by atoms with E-state index in [1.54, 1.807) is 13.8 Å². The van der Waals surface area contributed by atoms with Gasteiger partial charge in [-0.2, -0.15) is 0 Å². The monoisotopic (exact) mass is 407 g/mol. The van der Waals surface area contributed by atoms with E-state index in [0.29, 0.717) is 5.02 Å². The quantitative estimate of drug-likeness (QED) is 0.502. The van der Waals surface area contributed by atoms with Crippen molar-refractivity contribution in [3.8, 4) is 5.75 Å². The summed E-state index contributed by atoms with van der Waals surface area (Å²) in [4.78, 5) is 34.1. The molecule has 2 N–H and O–H groups in total. The molecule has 1 rings (SSSR count). The van der Waals surface area contributed by atoms with Crippen LogP contribution in [-0.4, -0.2) is 42.1 Å². The van der Waals surface area contributed by atoms with Crippen LogP contribution < -0.4 is 10.1 Å². The Bertz CT molecular complexity index is 666. The Morgan fingerprint density at radius 3 is 2.38 bits per heavy atom. The molecular weight excluding hydrogens is 389 g/mol. The molecule has 0 heterocycles. The fraction of sp³-hybridized carbons (Fsp3) is 0.438. The van der Waals surface area contributed by atoms with E-state index in [1.165, 1.54) is 25.1 Å². The van der Waals surface area contributed by atoms with Crippen molar-refractivity contribution in [1.82, 2.24) is 5.32 Å². The van der Waals surface area contributed by atoms with Gasteiger partial charge >= 0.3 is 18.0 Å². The van der Waals surface area contributed by atoms with Crippen molar-refractivity contribution in [2.45, 2.75) is 33.2 Å². The molecule has 0 aliphatic carbocycles. The number of hydrogen-bond donors (Lipinski definition) is 2. The maximum Gasteiger partial charge on any atom is 0.410 e. The molecule has 8 nitrogen and oxygen atoms in total. The molecule has 0 saturated heterocycles. The van der Waals surface area contributed by atoms with Crippen molar-refractivity contribution in [2.75, 3.05) is 6.54 Å². The van der Waals surface area contributed by atoms with E-state index in [-0.39, 0.29) is 16.7 Å². The second-order valence-electron chi connectivity index (χ2n) is 5.53. The number of rotatable bonds is 8. The second kappa shape index (κ2) is 10.1. The zero-order chi connectivity index (χ0) is 19.9. The van der Waals surface area contributed by atoms with Gasteiger partial charge in [0.05, 0.1) is 11.6 Å². The third-order valence-electron chi connectivity index (χ3n) is 2.92. The minimum absolute atomic E-state index is 0.0571. The zero-order valence-electron chi connectivity index (χ0n) is 14.3. The van der Waals surface area contributed by atoms with Gasteiger partial charge in [-0.15, -0.1) is 0 Å². The predicted molar refractivity (Wildman–Crippen MR) is 93.4 cm³/mol. The number of carbonyl (C=O) groups excluding carboxylic acids is 2. The Kier molecular flexibility index (Phi) is 8.47. The van der Waals surface area contributed by atoms with Gasteiger partial charge in [-0.05, 0) is 12.1 Å². The average molecular weight is 408 g/mol. The number of carbonyl (C=O) groups is 3. The summed E-state index contributed by atoms with van der Waals surface area (Å²) in [5.41, 5.74) is 0. The summed E-state index contributed by atoms with van der Waals surface area (Å²) in [6.07, 6.45) is -3.50. The molecule has 0 spiro atoms. The van der Waals surface area contributed by atoms with E-state index < -0.39 is 37.0 Å². The highest BCUT2D eigenvalue weighted by molar-refractivity contribution is 6.34. The van der Waals surface area contributed by atoms with Crippen molar-refractivity contribution < 1.29 is 33.7 Å². The Balaban J connectivity index is 2.68. The van der Waals surface area contributed by atoms with Gasteiger partial charge < -0.3 is 24.6 Å². The standard InChI is InChI=1S/C16H19Cl2NO7/c1-8(2)15(24-9(3)20)26-16(23)19-7-13(14(21)22)25-12-6-10(17)4-5-11(12)18/h4-6,8,13,15H,7H2,1-3H3,(H,19,23)(H,21,22)/t13-,15-/m0/s1. The SMILES string of the molecule is CC(=O)O[C@@H](OC(=O)NC[C@H](Oc1cc(Cl)ccc1Cl)C(=O)O)C(C)C. The molecule has 144 valence electrons. The van der Waals surface area contributed by atoms with Crippen LogP contribution in [0, 0.1) is 5.92 Å². The molecule has 2 atom stereocenters. The summed E-state index contributed by atoms with van der Waals surface area (Å²) in [5.74, 6) is -2.18. The van der Waals surface area contributed by atoms with Crippen LogP contribution in [-0.2, 0) is 19.1 Å². The molecule has 1 aromatic carbocycles. The first-order valence-corrected chi connectivity index (χ1v) is 8.32. The molecular formula is C16H19Cl2NO7. The fourth-order valence-corrected chi connectivity index (χ4v) is 2.01. The minimum Gasteiger partial charge on any atom is -0.478 e. The topological polar surface area (TPSA) is 111 Å². The summed E-state index contributed by atoms with van der Waals surface area (Å²) in [6.45, 7) is 4.14. The van der Waals surface area contributed by atoms with Crippen molar-refractivity contribution in [2.24, 2.45) is 5.92 Å². The summed E-state index contributed by atoms with van der Waals surface area (Å²) in [5, 5.41) is 11.9. The number of aliphatic carboxylic acids is 1. The summed E-state index contributed by atoms with van der Waals surface area (Å²) in [7, 11) is 0. The average Bonchev–Trinajstić information content (AvgIpc) is 2.53. The number of esters is 1. The van der Waals surface area contributed by atoms with Gasteiger partial charge in [0.25, 0.3) is 6.29 Å².